The maximum absolute atomic E-state index is 12.1. The van der Waals surface area contributed by atoms with Crippen LogP contribution in [0.25, 0.3) is 0 Å². The van der Waals surface area contributed by atoms with E-state index in [0.717, 1.165) is 17.0 Å². The summed E-state index contributed by atoms with van der Waals surface area (Å²) in [5.74, 6) is 0.653. The zero-order valence-corrected chi connectivity index (χ0v) is 14.5. The molecule has 0 aliphatic rings. The molecule has 0 aliphatic heterocycles. The molecule has 0 heterocycles. The van der Waals surface area contributed by atoms with Crippen LogP contribution in [0.2, 0.25) is 10.0 Å². The SMILES string of the molecule is COc1ccc(NC(=O)CN(C)Cc2ccc(Cl)cc2Cl)cc1. The van der Waals surface area contributed by atoms with Gasteiger partial charge in [0, 0.05) is 22.3 Å². The summed E-state index contributed by atoms with van der Waals surface area (Å²) in [5, 5.41) is 4.04. The predicted octanol–water partition coefficient (Wildman–Crippen LogP) is 4.07. The van der Waals surface area contributed by atoms with E-state index in [1.54, 1.807) is 43.5 Å². The second-order valence-electron chi connectivity index (χ2n) is 5.18. The van der Waals surface area contributed by atoms with Gasteiger partial charge in [-0.2, -0.15) is 0 Å². The van der Waals surface area contributed by atoms with Crippen LogP contribution in [-0.4, -0.2) is 31.5 Å². The molecule has 23 heavy (non-hydrogen) atoms. The molecule has 2 aromatic carbocycles. The number of likely N-dealkylation sites (N-methyl/N-ethyl adjacent to an activating group) is 1. The molecule has 2 aromatic rings. The number of carbonyl (C=O) groups excluding carboxylic acids is 1. The Kier molecular flexibility index (Phi) is 6.28. The lowest BCUT2D eigenvalue weighted by atomic mass is 10.2. The molecule has 0 bridgehead atoms. The zero-order chi connectivity index (χ0) is 16.8. The number of methoxy groups -OCH3 is 1. The average molecular weight is 353 g/mol. The second kappa shape index (κ2) is 8.20. The first-order valence-corrected chi connectivity index (χ1v) is 7.80. The molecule has 0 spiro atoms. The van der Waals surface area contributed by atoms with E-state index in [0.29, 0.717) is 16.6 Å². The van der Waals surface area contributed by atoms with Crippen molar-refractivity contribution in [2.75, 3.05) is 26.0 Å². The van der Waals surface area contributed by atoms with Gasteiger partial charge in [-0.3, -0.25) is 9.69 Å². The number of carbonyl (C=O) groups is 1. The number of hydrogen-bond donors (Lipinski definition) is 1. The Morgan fingerprint density at radius 2 is 1.87 bits per heavy atom. The van der Waals surface area contributed by atoms with E-state index in [1.165, 1.54) is 0 Å². The van der Waals surface area contributed by atoms with Gasteiger partial charge in [0.05, 0.1) is 13.7 Å². The molecule has 0 aromatic heterocycles. The highest BCUT2D eigenvalue weighted by molar-refractivity contribution is 6.35. The summed E-state index contributed by atoms with van der Waals surface area (Å²) in [5.41, 5.74) is 1.66. The van der Waals surface area contributed by atoms with Gasteiger partial charge < -0.3 is 10.1 Å². The van der Waals surface area contributed by atoms with Crippen molar-refractivity contribution in [2.45, 2.75) is 6.54 Å². The fourth-order valence-electron chi connectivity index (χ4n) is 2.12. The number of nitrogens with one attached hydrogen (secondary N) is 1. The van der Waals surface area contributed by atoms with Crippen molar-refractivity contribution in [2.24, 2.45) is 0 Å². The van der Waals surface area contributed by atoms with E-state index in [1.807, 2.05) is 18.0 Å². The number of rotatable bonds is 6. The molecule has 0 atom stereocenters. The van der Waals surface area contributed by atoms with E-state index in [2.05, 4.69) is 5.32 Å². The number of halogens is 2. The Hall–Kier alpha value is -1.75. The van der Waals surface area contributed by atoms with Crippen molar-refractivity contribution in [1.82, 2.24) is 4.90 Å². The molecule has 0 aliphatic carbocycles. The molecule has 0 fully saturated rings. The third kappa shape index (κ3) is 5.43. The lowest BCUT2D eigenvalue weighted by molar-refractivity contribution is -0.117. The van der Waals surface area contributed by atoms with E-state index >= 15 is 0 Å². The van der Waals surface area contributed by atoms with Crippen molar-refractivity contribution in [3.63, 3.8) is 0 Å². The van der Waals surface area contributed by atoms with Crippen LogP contribution in [0.4, 0.5) is 5.69 Å². The minimum Gasteiger partial charge on any atom is -0.497 e. The lowest BCUT2D eigenvalue weighted by Gasteiger charge is -2.17. The monoisotopic (exact) mass is 352 g/mol. The summed E-state index contributed by atoms with van der Waals surface area (Å²) in [6, 6.07) is 12.5. The van der Waals surface area contributed by atoms with Crippen molar-refractivity contribution in [1.29, 1.82) is 0 Å². The van der Waals surface area contributed by atoms with Crippen LogP contribution in [0.1, 0.15) is 5.56 Å². The molecule has 4 nitrogen and oxygen atoms in total. The molecule has 6 heteroatoms. The van der Waals surface area contributed by atoms with E-state index in [-0.39, 0.29) is 12.5 Å². The zero-order valence-electron chi connectivity index (χ0n) is 13.0. The fraction of sp³-hybridized carbons (Fsp3) is 0.235. The molecule has 0 saturated heterocycles. The topological polar surface area (TPSA) is 41.6 Å². The standard InChI is InChI=1S/C17H18Cl2N2O2/c1-21(10-12-3-4-13(18)9-16(12)19)11-17(22)20-14-5-7-15(23-2)8-6-14/h3-9H,10-11H2,1-2H3,(H,20,22). The van der Waals surface area contributed by atoms with Gasteiger partial charge >= 0.3 is 0 Å². The Balaban J connectivity index is 1.88. The number of benzene rings is 2. The van der Waals surface area contributed by atoms with Crippen molar-refractivity contribution in [3.8, 4) is 5.75 Å². The normalized spacial score (nSPS) is 10.7. The summed E-state index contributed by atoms with van der Waals surface area (Å²) in [6.45, 7) is 0.816. The van der Waals surface area contributed by atoms with Crippen LogP contribution < -0.4 is 10.1 Å². The Morgan fingerprint density at radius 3 is 2.48 bits per heavy atom. The van der Waals surface area contributed by atoms with E-state index < -0.39 is 0 Å². The third-order valence-electron chi connectivity index (χ3n) is 3.24. The summed E-state index contributed by atoms with van der Waals surface area (Å²) < 4.78 is 5.08. The second-order valence-corrected chi connectivity index (χ2v) is 6.03. The van der Waals surface area contributed by atoms with Crippen LogP contribution in [0.15, 0.2) is 42.5 Å². The highest BCUT2D eigenvalue weighted by Crippen LogP contribution is 2.22. The summed E-state index contributed by atoms with van der Waals surface area (Å²) >= 11 is 12.0. The number of ether oxygens (including phenoxy) is 1. The van der Waals surface area contributed by atoms with E-state index in [9.17, 15) is 4.79 Å². The molecule has 1 N–H and O–H groups in total. The van der Waals surface area contributed by atoms with Gasteiger partial charge in [0.2, 0.25) is 5.91 Å². The van der Waals surface area contributed by atoms with Crippen LogP contribution in [0.3, 0.4) is 0 Å². The molecule has 2 rings (SSSR count). The maximum atomic E-state index is 12.1. The van der Waals surface area contributed by atoms with Gasteiger partial charge in [0.25, 0.3) is 0 Å². The molecule has 0 unspecified atom stereocenters. The Bertz CT molecular complexity index is 675. The van der Waals surface area contributed by atoms with Gasteiger partial charge in [0.1, 0.15) is 5.75 Å². The van der Waals surface area contributed by atoms with Gasteiger partial charge in [-0.15, -0.1) is 0 Å². The van der Waals surface area contributed by atoms with Gasteiger partial charge in [-0.05, 0) is 49.0 Å². The van der Waals surface area contributed by atoms with Crippen LogP contribution >= 0.6 is 23.2 Å². The first kappa shape index (κ1) is 17.6. The lowest BCUT2D eigenvalue weighted by Crippen LogP contribution is -2.29. The molecule has 0 saturated carbocycles. The quantitative estimate of drug-likeness (QED) is 0.851. The van der Waals surface area contributed by atoms with Crippen molar-refractivity contribution in [3.05, 3.63) is 58.1 Å². The fourth-order valence-corrected chi connectivity index (χ4v) is 2.58. The number of nitrogens with zero attached hydrogens (tertiary/aromatic N) is 1. The molecule has 122 valence electrons. The smallest absolute Gasteiger partial charge is 0.238 e. The largest absolute Gasteiger partial charge is 0.497 e. The maximum Gasteiger partial charge on any atom is 0.238 e. The average Bonchev–Trinajstić information content (AvgIpc) is 2.50. The van der Waals surface area contributed by atoms with Gasteiger partial charge in [-0.25, -0.2) is 0 Å². The van der Waals surface area contributed by atoms with Crippen molar-refractivity contribution >= 4 is 34.8 Å². The minimum absolute atomic E-state index is 0.0947. The predicted molar refractivity (Wildman–Crippen MR) is 94.4 cm³/mol. The number of hydrogen-bond acceptors (Lipinski definition) is 3. The van der Waals surface area contributed by atoms with Crippen LogP contribution in [0, 0.1) is 0 Å². The molecular weight excluding hydrogens is 335 g/mol. The van der Waals surface area contributed by atoms with Gasteiger partial charge in [0.15, 0.2) is 0 Å². The third-order valence-corrected chi connectivity index (χ3v) is 3.83. The first-order valence-electron chi connectivity index (χ1n) is 7.04. The number of amides is 1. The highest BCUT2D eigenvalue weighted by atomic mass is 35.5. The minimum atomic E-state index is -0.0947. The summed E-state index contributed by atoms with van der Waals surface area (Å²) in [4.78, 5) is 14.0. The first-order chi connectivity index (χ1) is 11.0. The number of anilines is 1. The van der Waals surface area contributed by atoms with Crippen LogP contribution in [-0.2, 0) is 11.3 Å². The summed E-state index contributed by atoms with van der Waals surface area (Å²) in [7, 11) is 3.46. The molecule has 0 radical (unpaired) electrons. The summed E-state index contributed by atoms with van der Waals surface area (Å²) in [6.07, 6.45) is 0. The highest BCUT2D eigenvalue weighted by Gasteiger charge is 2.10. The van der Waals surface area contributed by atoms with E-state index in [4.69, 9.17) is 27.9 Å². The van der Waals surface area contributed by atoms with Crippen molar-refractivity contribution < 1.29 is 9.53 Å². The van der Waals surface area contributed by atoms with Crippen LogP contribution in [0.5, 0.6) is 5.75 Å². The molecular formula is C17H18Cl2N2O2. The van der Waals surface area contributed by atoms with Gasteiger partial charge in [-0.1, -0.05) is 29.3 Å². The Morgan fingerprint density at radius 1 is 1.17 bits per heavy atom. The Labute approximate surface area is 146 Å². The molecule has 1 amide bonds.